The zero-order valence-electron chi connectivity index (χ0n) is 25.1. The first-order valence-electron chi connectivity index (χ1n) is 14.9. The first-order valence-corrected chi connectivity index (χ1v) is 15.8. The third-order valence-electron chi connectivity index (χ3n) is 9.04. The molecule has 3 aromatic rings. The zero-order valence-corrected chi connectivity index (χ0v) is 26.0. The van der Waals surface area contributed by atoms with Crippen LogP contribution in [0.15, 0.2) is 46.6 Å². The Labute approximate surface area is 254 Å². The lowest BCUT2D eigenvalue weighted by Crippen LogP contribution is -2.58. The SMILES string of the molecule is C=CC(=O)N1[C@H](C)CN(c2nc(=O)n3c4c(c(-c5ccc(F)cc5F)c(C)cc24)SCC3CN2CCN(C)CC2)C[C@@H]1C. The average molecular weight is 609 g/mol. The molecule has 0 N–H and O–H groups in total. The topological polar surface area (TPSA) is 64.9 Å². The summed E-state index contributed by atoms with van der Waals surface area (Å²) in [5, 5.41) is 0.830. The average Bonchev–Trinajstić information content (AvgIpc) is 2.96. The van der Waals surface area contributed by atoms with Gasteiger partial charge in [-0.2, -0.15) is 4.98 Å². The Bertz CT molecular complexity index is 1640. The molecule has 4 heterocycles. The number of amides is 1. The Balaban J connectivity index is 1.52. The van der Waals surface area contributed by atoms with Crippen LogP contribution in [0.3, 0.4) is 0 Å². The summed E-state index contributed by atoms with van der Waals surface area (Å²) in [6.45, 7) is 15.1. The number of halogens is 2. The molecule has 0 spiro atoms. The van der Waals surface area contributed by atoms with E-state index in [1.165, 1.54) is 18.2 Å². The molecular formula is C32H38F2N6O2S. The second-order valence-corrected chi connectivity index (χ2v) is 13.2. The van der Waals surface area contributed by atoms with Crippen LogP contribution in [0, 0.1) is 18.6 Å². The van der Waals surface area contributed by atoms with E-state index in [4.69, 9.17) is 4.98 Å². The molecule has 0 bridgehead atoms. The van der Waals surface area contributed by atoms with Gasteiger partial charge in [-0.05, 0) is 57.7 Å². The van der Waals surface area contributed by atoms with Gasteiger partial charge in [0, 0.05) is 91.1 Å². The van der Waals surface area contributed by atoms with Crippen molar-refractivity contribution in [3.8, 4) is 11.1 Å². The molecule has 228 valence electrons. The number of piperazine rings is 2. The number of thioether (sulfide) groups is 1. The first kappa shape index (κ1) is 29.8. The molecule has 1 aromatic heterocycles. The molecule has 6 rings (SSSR count). The van der Waals surface area contributed by atoms with Gasteiger partial charge in [0.05, 0.1) is 11.6 Å². The van der Waals surface area contributed by atoms with Crippen LogP contribution in [0.5, 0.6) is 0 Å². The van der Waals surface area contributed by atoms with E-state index in [-0.39, 0.29) is 29.7 Å². The molecule has 11 heteroatoms. The molecular weight excluding hydrogens is 570 g/mol. The number of hydrogen-bond acceptors (Lipinski definition) is 7. The van der Waals surface area contributed by atoms with Gasteiger partial charge in [0.2, 0.25) is 5.91 Å². The Morgan fingerprint density at radius 1 is 1.12 bits per heavy atom. The smallest absolute Gasteiger partial charge is 0.350 e. The van der Waals surface area contributed by atoms with Gasteiger partial charge in [0.15, 0.2) is 0 Å². The van der Waals surface area contributed by atoms with Crippen LogP contribution in [0.25, 0.3) is 22.0 Å². The number of anilines is 1. The maximum atomic E-state index is 15.2. The fourth-order valence-corrected chi connectivity index (χ4v) is 8.36. The second-order valence-electron chi connectivity index (χ2n) is 12.1. The summed E-state index contributed by atoms with van der Waals surface area (Å²) in [6.07, 6.45) is 1.34. The summed E-state index contributed by atoms with van der Waals surface area (Å²) in [7, 11) is 2.12. The number of benzene rings is 2. The lowest BCUT2D eigenvalue weighted by atomic mass is 9.96. The van der Waals surface area contributed by atoms with E-state index < -0.39 is 11.6 Å². The quantitative estimate of drug-likeness (QED) is 0.404. The number of hydrogen-bond donors (Lipinski definition) is 0. The highest BCUT2D eigenvalue weighted by Gasteiger charge is 2.36. The van der Waals surface area contributed by atoms with Gasteiger partial charge in [-0.25, -0.2) is 13.6 Å². The number of aryl methyl sites for hydroxylation is 1. The van der Waals surface area contributed by atoms with Gasteiger partial charge in [-0.1, -0.05) is 6.58 Å². The van der Waals surface area contributed by atoms with Gasteiger partial charge in [-0.15, -0.1) is 11.8 Å². The molecule has 1 unspecified atom stereocenters. The molecule has 2 fully saturated rings. The number of nitrogens with zero attached hydrogens (tertiary/aromatic N) is 6. The van der Waals surface area contributed by atoms with Crippen molar-refractivity contribution in [2.75, 3.05) is 63.5 Å². The minimum Gasteiger partial charge on any atom is -0.352 e. The molecule has 0 radical (unpaired) electrons. The molecule has 1 amide bonds. The van der Waals surface area contributed by atoms with Crippen molar-refractivity contribution >= 4 is 34.4 Å². The Morgan fingerprint density at radius 2 is 1.81 bits per heavy atom. The highest BCUT2D eigenvalue weighted by atomic mass is 32.2. The Hall–Kier alpha value is -3.28. The molecule has 0 aliphatic carbocycles. The minimum absolute atomic E-state index is 0.106. The summed E-state index contributed by atoms with van der Waals surface area (Å²) in [5.74, 6) is -0.154. The van der Waals surface area contributed by atoms with Crippen LogP contribution in [0.2, 0.25) is 0 Å². The van der Waals surface area contributed by atoms with Gasteiger partial charge in [-0.3, -0.25) is 14.3 Å². The maximum absolute atomic E-state index is 15.2. The standard InChI is InChI=1S/C32H38F2N6O2S/c1-6-27(41)39-20(3)15-38(16-21(39)4)31-25-13-19(2)28(24-8-7-22(33)14-26(24)34)30-29(25)40(32(42)35-31)23(18-43-30)17-37-11-9-36(5)10-12-37/h6-8,13-14,20-21,23H,1,9-12,15-18H2,2-5H3/t20-,21+,23?. The summed E-state index contributed by atoms with van der Waals surface area (Å²) in [6, 6.07) is 5.32. The zero-order chi connectivity index (χ0) is 30.6. The molecule has 3 aliphatic heterocycles. The van der Waals surface area contributed by atoms with Crippen molar-refractivity contribution in [1.29, 1.82) is 0 Å². The van der Waals surface area contributed by atoms with E-state index in [0.29, 0.717) is 35.8 Å². The molecule has 2 saturated heterocycles. The number of likely N-dealkylation sites (N-methyl/N-ethyl adjacent to an activating group) is 1. The van der Waals surface area contributed by atoms with Crippen LogP contribution < -0.4 is 10.6 Å². The molecule has 43 heavy (non-hydrogen) atoms. The molecule has 3 atom stereocenters. The molecule has 0 saturated carbocycles. The normalized spacial score (nSPS) is 23.2. The van der Waals surface area contributed by atoms with E-state index in [1.54, 1.807) is 11.8 Å². The van der Waals surface area contributed by atoms with Crippen molar-refractivity contribution in [2.24, 2.45) is 0 Å². The Morgan fingerprint density at radius 3 is 2.47 bits per heavy atom. The van der Waals surface area contributed by atoms with Crippen molar-refractivity contribution in [2.45, 2.75) is 43.8 Å². The monoisotopic (exact) mass is 608 g/mol. The van der Waals surface area contributed by atoms with Crippen molar-refractivity contribution in [3.63, 3.8) is 0 Å². The third kappa shape index (κ3) is 5.36. The second kappa shape index (κ2) is 11.7. The summed E-state index contributed by atoms with van der Waals surface area (Å²) in [4.78, 5) is 40.8. The highest BCUT2D eigenvalue weighted by molar-refractivity contribution is 7.99. The van der Waals surface area contributed by atoms with Crippen molar-refractivity contribution in [3.05, 3.63) is 64.6 Å². The van der Waals surface area contributed by atoms with Crippen LogP contribution in [0.1, 0.15) is 25.5 Å². The van der Waals surface area contributed by atoms with Gasteiger partial charge in [0.1, 0.15) is 17.5 Å². The fourth-order valence-electron chi connectivity index (χ4n) is 6.99. The lowest BCUT2D eigenvalue weighted by Gasteiger charge is -2.45. The van der Waals surface area contributed by atoms with Crippen LogP contribution >= 0.6 is 11.8 Å². The summed E-state index contributed by atoms with van der Waals surface area (Å²) < 4.78 is 31.0. The van der Waals surface area contributed by atoms with E-state index in [2.05, 4.69) is 28.3 Å². The number of rotatable bonds is 5. The summed E-state index contributed by atoms with van der Waals surface area (Å²) in [5.41, 5.74) is 2.24. The largest absolute Gasteiger partial charge is 0.352 e. The first-order chi connectivity index (χ1) is 20.6. The van der Waals surface area contributed by atoms with Crippen molar-refractivity contribution < 1.29 is 13.6 Å². The van der Waals surface area contributed by atoms with Crippen LogP contribution in [0.4, 0.5) is 14.6 Å². The molecule has 3 aliphatic rings. The van der Waals surface area contributed by atoms with E-state index in [9.17, 15) is 14.0 Å². The third-order valence-corrected chi connectivity index (χ3v) is 10.3. The van der Waals surface area contributed by atoms with E-state index in [0.717, 1.165) is 60.2 Å². The predicted octanol–water partition coefficient (Wildman–Crippen LogP) is 4.16. The van der Waals surface area contributed by atoms with Gasteiger partial charge in [0.25, 0.3) is 0 Å². The van der Waals surface area contributed by atoms with Crippen LogP contribution in [-0.4, -0.2) is 101 Å². The number of aromatic nitrogens is 2. The summed E-state index contributed by atoms with van der Waals surface area (Å²) >= 11 is 1.63. The van der Waals surface area contributed by atoms with Crippen molar-refractivity contribution in [1.82, 2.24) is 24.3 Å². The number of carbonyl (C=O) groups excluding carboxylic acids is 1. The van der Waals surface area contributed by atoms with Crippen LogP contribution in [-0.2, 0) is 4.79 Å². The highest BCUT2D eigenvalue weighted by Crippen LogP contribution is 2.46. The molecule has 8 nitrogen and oxygen atoms in total. The lowest BCUT2D eigenvalue weighted by molar-refractivity contribution is -0.130. The van der Waals surface area contributed by atoms with E-state index >= 15 is 4.39 Å². The van der Waals surface area contributed by atoms with Gasteiger partial charge >= 0.3 is 5.69 Å². The minimum atomic E-state index is -0.632. The van der Waals surface area contributed by atoms with E-state index in [1.807, 2.05) is 36.3 Å². The maximum Gasteiger partial charge on any atom is 0.350 e. The fraction of sp³-hybridized carbons (Fsp3) is 0.469. The Kier molecular flexibility index (Phi) is 8.08. The number of carbonyl (C=O) groups is 1. The predicted molar refractivity (Wildman–Crippen MR) is 168 cm³/mol. The molecule has 2 aromatic carbocycles. The van der Waals surface area contributed by atoms with Gasteiger partial charge < -0.3 is 14.7 Å².